The zero-order chi connectivity index (χ0) is 15.7. The highest BCUT2D eigenvalue weighted by Gasteiger charge is 2.15. The van der Waals surface area contributed by atoms with E-state index in [1.54, 1.807) is 6.07 Å². The predicted molar refractivity (Wildman–Crippen MR) is 78.6 cm³/mol. The van der Waals surface area contributed by atoms with Crippen molar-refractivity contribution in [1.29, 1.82) is 0 Å². The van der Waals surface area contributed by atoms with Crippen molar-refractivity contribution in [3.8, 4) is 0 Å². The van der Waals surface area contributed by atoms with Gasteiger partial charge in [-0.05, 0) is 37.6 Å². The Kier molecular flexibility index (Phi) is 4.04. The van der Waals surface area contributed by atoms with Crippen molar-refractivity contribution in [1.82, 2.24) is 4.57 Å². The second-order valence-corrected chi connectivity index (χ2v) is 5.19. The van der Waals surface area contributed by atoms with Gasteiger partial charge in [-0.1, -0.05) is 17.7 Å². The van der Waals surface area contributed by atoms with E-state index in [1.807, 2.05) is 25.5 Å². The Hall–Kier alpha value is -2.27. The molecule has 1 aromatic heterocycles. The number of anilines is 1. The lowest BCUT2D eigenvalue weighted by Gasteiger charge is -2.10. The number of carbonyl (C=O) groups is 2. The molecule has 0 aliphatic carbocycles. The number of carboxylic acid groups (broad SMARTS) is 1. The van der Waals surface area contributed by atoms with E-state index in [0.29, 0.717) is 5.56 Å². The molecule has 2 aromatic rings. The molecule has 5 nitrogen and oxygen atoms in total. The van der Waals surface area contributed by atoms with Crippen molar-refractivity contribution in [3.05, 3.63) is 51.8 Å². The van der Waals surface area contributed by atoms with Crippen molar-refractivity contribution in [2.24, 2.45) is 7.05 Å². The van der Waals surface area contributed by atoms with Crippen LogP contribution in [0, 0.1) is 13.8 Å². The average molecular weight is 306 g/mol. The molecule has 1 amide bonds. The van der Waals surface area contributed by atoms with Crippen LogP contribution in [0.1, 0.15) is 32.1 Å². The molecule has 0 unspecified atom stereocenters. The van der Waals surface area contributed by atoms with Gasteiger partial charge in [-0.25, -0.2) is 0 Å². The summed E-state index contributed by atoms with van der Waals surface area (Å²) in [6.07, 6.45) is 0. The molecule has 0 fully saturated rings. The third-order valence-electron chi connectivity index (χ3n) is 3.47. The summed E-state index contributed by atoms with van der Waals surface area (Å²) in [5.74, 6) is -1.66. The SMILES string of the molecule is Cc1cc(C(=O)Nc2cc(C(=O)[O-])ccc2Cl)c(C)n1C. The molecular weight excluding hydrogens is 292 g/mol. The summed E-state index contributed by atoms with van der Waals surface area (Å²) >= 11 is 5.98. The molecule has 0 aliphatic rings. The van der Waals surface area contributed by atoms with Crippen LogP contribution in [0.2, 0.25) is 5.02 Å². The fourth-order valence-electron chi connectivity index (χ4n) is 2.02. The minimum Gasteiger partial charge on any atom is -0.545 e. The normalized spacial score (nSPS) is 10.5. The second-order valence-electron chi connectivity index (χ2n) is 4.78. The molecule has 1 N–H and O–H groups in total. The Morgan fingerprint density at radius 1 is 1.24 bits per heavy atom. The summed E-state index contributed by atoms with van der Waals surface area (Å²) in [6.45, 7) is 3.73. The van der Waals surface area contributed by atoms with E-state index in [0.717, 1.165) is 11.4 Å². The summed E-state index contributed by atoms with van der Waals surface area (Å²) in [6, 6.07) is 5.78. The van der Waals surface area contributed by atoms with Gasteiger partial charge >= 0.3 is 0 Å². The number of carbonyl (C=O) groups excluding carboxylic acids is 2. The standard InChI is InChI=1S/C15H15ClN2O3/c1-8-6-11(9(2)18(8)3)14(19)17-13-7-10(15(20)21)4-5-12(13)16/h4-7H,1-3H3,(H,17,19)(H,20,21)/p-1. The van der Waals surface area contributed by atoms with Crippen LogP contribution < -0.4 is 10.4 Å². The number of halogens is 1. The highest BCUT2D eigenvalue weighted by molar-refractivity contribution is 6.34. The first-order chi connectivity index (χ1) is 9.81. The van der Waals surface area contributed by atoms with Gasteiger partial charge in [-0.2, -0.15) is 0 Å². The third kappa shape index (κ3) is 2.92. The molecule has 0 atom stereocenters. The van der Waals surface area contributed by atoms with Crippen LogP contribution in [-0.2, 0) is 7.05 Å². The summed E-state index contributed by atoms with van der Waals surface area (Å²) < 4.78 is 1.90. The molecule has 0 radical (unpaired) electrons. The molecule has 1 heterocycles. The first kappa shape index (κ1) is 15.1. The van der Waals surface area contributed by atoms with E-state index in [2.05, 4.69) is 5.32 Å². The molecule has 6 heteroatoms. The molecule has 1 aromatic carbocycles. The van der Waals surface area contributed by atoms with Crippen LogP contribution in [-0.4, -0.2) is 16.4 Å². The monoisotopic (exact) mass is 305 g/mol. The van der Waals surface area contributed by atoms with E-state index in [9.17, 15) is 14.7 Å². The van der Waals surface area contributed by atoms with Gasteiger partial charge in [-0.15, -0.1) is 0 Å². The van der Waals surface area contributed by atoms with Gasteiger partial charge < -0.3 is 19.8 Å². The maximum absolute atomic E-state index is 12.3. The van der Waals surface area contributed by atoms with Crippen LogP contribution in [0.25, 0.3) is 0 Å². The average Bonchev–Trinajstić information content (AvgIpc) is 2.68. The quantitative estimate of drug-likeness (QED) is 0.941. The number of rotatable bonds is 3. The first-order valence-electron chi connectivity index (χ1n) is 6.26. The zero-order valence-electron chi connectivity index (χ0n) is 11.9. The Morgan fingerprint density at radius 2 is 1.90 bits per heavy atom. The van der Waals surface area contributed by atoms with E-state index in [-0.39, 0.29) is 22.2 Å². The molecule has 110 valence electrons. The van der Waals surface area contributed by atoms with Crippen molar-refractivity contribution in [2.75, 3.05) is 5.32 Å². The number of aromatic carboxylic acids is 1. The Morgan fingerprint density at radius 3 is 2.43 bits per heavy atom. The summed E-state index contributed by atoms with van der Waals surface area (Å²) in [5, 5.41) is 13.7. The van der Waals surface area contributed by atoms with Crippen molar-refractivity contribution in [3.63, 3.8) is 0 Å². The number of carboxylic acids is 1. The lowest BCUT2D eigenvalue weighted by atomic mass is 10.2. The molecule has 2 rings (SSSR count). The fourth-order valence-corrected chi connectivity index (χ4v) is 2.19. The van der Waals surface area contributed by atoms with Gasteiger partial charge in [0.25, 0.3) is 5.91 Å². The summed E-state index contributed by atoms with van der Waals surface area (Å²) in [7, 11) is 1.87. The number of hydrogen-bond donors (Lipinski definition) is 1. The minimum atomic E-state index is -1.33. The number of nitrogens with zero attached hydrogens (tertiary/aromatic N) is 1. The molecule has 0 spiro atoms. The van der Waals surface area contributed by atoms with Gasteiger partial charge in [-0.3, -0.25) is 4.79 Å². The fraction of sp³-hybridized carbons (Fsp3) is 0.200. The van der Waals surface area contributed by atoms with Gasteiger partial charge in [0.15, 0.2) is 0 Å². The largest absolute Gasteiger partial charge is 0.545 e. The molecule has 0 aliphatic heterocycles. The maximum Gasteiger partial charge on any atom is 0.257 e. The topological polar surface area (TPSA) is 74.2 Å². The Bertz CT molecular complexity index is 735. The van der Waals surface area contributed by atoms with E-state index in [1.165, 1.54) is 18.2 Å². The lowest BCUT2D eigenvalue weighted by molar-refractivity contribution is -0.255. The number of amides is 1. The van der Waals surface area contributed by atoms with Crippen molar-refractivity contribution >= 4 is 29.2 Å². The van der Waals surface area contributed by atoms with Crippen molar-refractivity contribution in [2.45, 2.75) is 13.8 Å². The van der Waals surface area contributed by atoms with Crippen LogP contribution in [0.4, 0.5) is 5.69 Å². The summed E-state index contributed by atoms with van der Waals surface area (Å²) in [5.41, 5.74) is 2.48. The Balaban J connectivity index is 2.33. The van der Waals surface area contributed by atoms with Gasteiger partial charge in [0, 0.05) is 18.4 Å². The van der Waals surface area contributed by atoms with Crippen LogP contribution in [0.3, 0.4) is 0 Å². The van der Waals surface area contributed by atoms with Crippen molar-refractivity contribution < 1.29 is 14.7 Å². The molecule has 0 saturated heterocycles. The van der Waals surface area contributed by atoms with Crippen LogP contribution in [0.5, 0.6) is 0 Å². The number of aryl methyl sites for hydroxylation is 1. The maximum atomic E-state index is 12.3. The highest BCUT2D eigenvalue weighted by atomic mass is 35.5. The van der Waals surface area contributed by atoms with Gasteiger partial charge in [0.1, 0.15) is 0 Å². The number of hydrogen-bond acceptors (Lipinski definition) is 3. The molecule has 21 heavy (non-hydrogen) atoms. The second kappa shape index (κ2) is 5.61. The number of benzene rings is 1. The van der Waals surface area contributed by atoms with Crippen LogP contribution in [0.15, 0.2) is 24.3 Å². The molecular formula is C15H14ClN2O3-. The van der Waals surface area contributed by atoms with E-state index >= 15 is 0 Å². The van der Waals surface area contributed by atoms with E-state index in [4.69, 9.17) is 11.6 Å². The number of nitrogens with one attached hydrogen (secondary N) is 1. The smallest absolute Gasteiger partial charge is 0.257 e. The minimum absolute atomic E-state index is 0.0457. The van der Waals surface area contributed by atoms with E-state index < -0.39 is 5.97 Å². The van der Waals surface area contributed by atoms with Crippen LogP contribution >= 0.6 is 11.6 Å². The first-order valence-corrected chi connectivity index (χ1v) is 6.64. The van der Waals surface area contributed by atoms with Gasteiger partial charge in [0.2, 0.25) is 0 Å². The number of aromatic nitrogens is 1. The lowest BCUT2D eigenvalue weighted by Crippen LogP contribution is -2.22. The highest BCUT2D eigenvalue weighted by Crippen LogP contribution is 2.24. The third-order valence-corrected chi connectivity index (χ3v) is 3.80. The Labute approximate surface area is 127 Å². The summed E-state index contributed by atoms with van der Waals surface area (Å²) in [4.78, 5) is 23.1. The predicted octanol–water partition coefficient (Wildman–Crippen LogP) is 1.91. The molecule has 0 saturated carbocycles. The van der Waals surface area contributed by atoms with Gasteiger partial charge in [0.05, 0.1) is 22.2 Å². The zero-order valence-corrected chi connectivity index (χ0v) is 12.6. The molecule has 0 bridgehead atoms.